The zero-order valence-corrected chi connectivity index (χ0v) is 13.4. The van der Waals surface area contributed by atoms with E-state index >= 15 is 0 Å². The van der Waals surface area contributed by atoms with Crippen molar-refractivity contribution in [2.24, 2.45) is 11.7 Å². The zero-order valence-electron chi connectivity index (χ0n) is 13.4. The van der Waals surface area contributed by atoms with E-state index in [1.807, 2.05) is 6.07 Å². The van der Waals surface area contributed by atoms with Gasteiger partial charge in [0, 0.05) is 17.9 Å². The summed E-state index contributed by atoms with van der Waals surface area (Å²) >= 11 is 0. The second kappa shape index (κ2) is 5.13. The number of likely N-dealkylation sites (N-methyl/N-ethyl adjacent to an activating group) is 1. The van der Waals surface area contributed by atoms with Gasteiger partial charge in [-0.25, -0.2) is 0 Å². The Morgan fingerprint density at radius 3 is 2.57 bits per heavy atom. The van der Waals surface area contributed by atoms with E-state index in [2.05, 4.69) is 33.3 Å². The van der Waals surface area contributed by atoms with E-state index in [1.54, 1.807) is 0 Å². The number of nitrogens with two attached hydrogens (primary N) is 1. The fourth-order valence-corrected chi connectivity index (χ4v) is 4.51. The van der Waals surface area contributed by atoms with Gasteiger partial charge in [0.1, 0.15) is 0 Å². The second-order valence-electron chi connectivity index (χ2n) is 7.72. The average Bonchev–Trinajstić information content (AvgIpc) is 2.44. The number of hydrogen-bond donors (Lipinski definition) is 1. The van der Waals surface area contributed by atoms with E-state index in [0.29, 0.717) is 17.5 Å². The molecule has 0 spiro atoms. The van der Waals surface area contributed by atoms with Crippen molar-refractivity contribution in [2.75, 3.05) is 21.1 Å². The monoisotopic (exact) mass is 287 g/mol. The van der Waals surface area contributed by atoms with Gasteiger partial charge in [0.25, 0.3) is 0 Å². The lowest BCUT2D eigenvalue weighted by atomic mass is 9.65. The number of nitrogens with zero attached hydrogens (tertiary/aromatic N) is 1. The van der Waals surface area contributed by atoms with Crippen molar-refractivity contribution in [1.82, 2.24) is 0 Å². The lowest BCUT2D eigenvalue weighted by molar-refractivity contribution is -0.900. The molecule has 1 fully saturated rings. The highest BCUT2D eigenvalue weighted by Crippen LogP contribution is 2.47. The third-order valence-electron chi connectivity index (χ3n) is 5.57. The van der Waals surface area contributed by atoms with Gasteiger partial charge in [-0.1, -0.05) is 18.9 Å². The van der Waals surface area contributed by atoms with E-state index in [4.69, 9.17) is 5.73 Å². The Morgan fingerprint density at radius 1 is 1.19 bits per heavy atom. The third-order valence-corrected chi connectivity index (χ3v) is 5.57. The van der Waals surface area contributed by atoms with Crippen molar-refractivity contribution in [2.45, 2.75) is 44.1 Å². The van der Waals surface area contributed by atoms with Gasteiger partial charge < -0.3 is 10.2 Å². The summed E-state index contributed by atoms with van der Waals surface area (Å²) in [6.07, 6.45) is 6.37. The quantitative estimate of drug-likeness (QED) is 0.835. The predicted octanol–water partition coefficient (Wildman–Crippen LogP) is 2.69. The minimum absolute atomic E-state index is 0.307. The molecule has 1 aromatic carbocycles. The van der Waals surface area contributed by atoms with Crippen LogP contribution in [0, 0.1) is 5.92 Å². The van der Waals surface area contributed by atoms with Crippen molar-refractivity contribution >= 4 is 5.91 Å². The number of carbonyl (C=O) groups is 1. The lowest BCUT2D eigenvalue weighted by Gasteiger charge is -2.48. The van der Waals surface area contributed by atoms with Crippen LogP contribution in [0.4, 0.5) is 0 Å². The summed E-state index contributed by atoms with van der Waals surface area (Å²) < 4.78 is 1.03. The summed E-state index contributed by atoms with van der Waals surface area (Å²) in [5, 5.41) is 0. The molecule has 3 nitrogen and oxygen atoms in total. The van der Waals surface area contributed by atoms with Gasteiger partial charge in [-0.05, 0) is 42.0 Å². The largest absolute Gasteiger partial charge is 0.366 e. The minimum Gasteiger partial charge on any atom is -0.366 e. The molecule has 2 unspecified atom stereocenters. The Morgan fingerprint density at radius 2 is 1.90 bits per heavy atom. The van der Waals surface area contributed by atoms with Crippen LogP contribution in [-0.2, 0) is 6.42 Å². The topological polar surface area (TPSA) is 43.1 Å². The first-order valence-electron chi connectivity index (χ1n) is 8.11. The second-order valence-corrected chi connectivity index (χ2v) is 7.72. The van der Waals surface area contributed by atoms with Crippen molar-refractivity contribution < 1.29 is 9.28 Å². The van der Waals surface area contributed by atoms with Crippen LogP contribution in [0.15, 0.2) is 18.2 Å². The van der Waals surface area contributed by atoms with Gasteiger partial charge in [0.05, 0.1) is 27.2 Å². The normalized spacial score (nSPS) is 28.6. The number of quaternary nitrogens is 1. The van der Waals surface area contributed by atoms with Gasteiger partial charge in [-0.15, -0.1) is 0 Å². The first-order valence-corrected chi connectivity index (χ1v) is 8.11. The Bertz CT molecular complexity index is 559. The summed E-state index contributed by atoms with van der Waals surface area (Å²) in [5.74, 6) is 1.05. The number of carbonyl (C=O) groups excluding carboxylic acids is 1. The van der Waals surface area contributed by atoms with Gasteiger partial charge in [0.2, 0.25) is 5.91 Å². The standard InChI is InChI=1S/C18H26N2O/c1-20(2,3)17-11-12-8-9-13(18(19)21)10-16(12)14-6-4-5-7-15(14)17/h8-10,14-15,17H,4-7,11H2,1-3H3,(H-,19,21)/p+1/t14?,15?,17-/m1/s1. The molecule has 21 heavy (non-hydrogen) atoms. The summed E-state index contributed by atoms with van der Waals surface area (Å²) in [7, 11) is 6.96. The lowest BCUT2D eigenvalue weighted by Crippen LogP contribution is -2.54. The van der Waals surface area contributed by atoms with Crippen LogP contribution < -0.4 is 5.73 Å². The smallest absolute Gasteiger partial charge is 0.248 e. The van der Waals surface area contributed by atoms with Crippen LogP contribution >= 0.6 is 0 Å². The van der Waals surface area contributed by atoms with Gasteiger partial charge >= 0.3 is 0 Å². The maximum absolute atomic E-state index is 11.5. The number of amides is 1. The van der Waals surface area contributed by atoms with E-state index in [0.717, 1.165) is 16.8 Å². The number of benzene rings is 1. The number of primary amides is 1. The van der Waals surface area contributed by atoms with Crippen molar-refractivity contribution in [3.8, 4) is 0 Å². The fraction of sp³-hybridized carbons (Fsp3) is 0.611. The first-order chi connectivity index (χ1) is 9.88. The molecule has 0 aromatic heterocycles. The average molecular weight is 287 g/mol. The highest BCUT2D eigenvalue weighted by Gasteiger charge is 2.44. The van der Waals surface area contributed by atoms with Crippen molar-refractivity contribution in [3.05, 3.63) is 34.9 Å². The molecule has 2 N–H and O–H groups in total. The highest BCUT2D eigenvalue weighted by atomic mass is 16.1. The molecular weight excluding hydrogens is 260 g/mol. The van der Waals surface area contributed by atoms with E-state index in [1.165, 1.54) is 36.8 Å². The summed E-state index contributed by atoms with van der Waals surface area (Å²) in [4.78, 5) is 11.5. The molecule has 1 aromatic rings. The summed E-state index contributed by atoms with van der Waals surface area (Å²) in [6, 6.07) is 6.80. The Hall–Kier alpha value is -1.35. The maximum Gasteiger partial charge on any atom is 0.248 e. The molecule has 2 aliphatic carbocycles. The summed E-state index contributed by atoms with van der Waals surface area (Å²) in [5.41, 5.74) is 8.97. The van der Waals surface area contributed by atoms with Crippen LogP contribution in [0.25, 0.3) is 0 Å². The van der Waals surface area contributed by atoms with Crippen LogP contribution in [0.2, 0.25) is 0 Å². The zero-order chi connectivity index (χ0) is 15.2. The predicted molar refractivity (Wildman–Crippen MR) is 85.2 cm³/mol. The van der Waals surface area contributed by atoms with E-state index in [-0.39, 0.29) is 5.91 Å². The van der Waals surface area contributed by atoms with E-state index < -0.39 is 0 Å². The fourth-order valence-electron chi connectivity index (χ4n) is 4.51. The van der Waals surface area contributed by atoms with Crippen molar-refractivity contribution in [1.29, 1.82) is 0 Å². The molecule has 0 aliphatic heterocycles. The molecule has 3 rings (SSSR count). The third kappa shape index (κ3) is 2.59. The summed E-state index contributed by atoms with van der Waals surface area (Å²) in [6.45, 7) is 0. The molecule has 3 atom stereocenters. The molecule has 0 bridgehead atoms. The van der Waals surface area contributed by atoms with Crippen LogP contribution in [-0.4, -0.2) is 37.6 Å². The molecule has 0 heterocycles. The maximum atomic E-state index is 11.5. The Balaban J connectivity index is 2.05. The molecule has 2 aliphatic rings. The molecule has 1 saturated carbocycles. The van der Waals surface area contributed by atoms with Gasteiger partial charge in [0.15, 0.2) is 0 Å². The number of hydrogen-bond acceptors (Lipinski definition) is 1. The molecule has 1 amide bonds. The van der Waals surface area contributed by atoms with Gasteiger partial charge in [-0.2, -0.15) is 0 Å². The molecule has 114 valence electrons. The first kappa shape index (κ1) is 14.6. The number of rotatable bonds is 2. The Kier molecular flexibility index (Phi) is 3.56. The van der Waals surface area contributed by atoms with E-state index in [9.17, 15) is 4.79 Å². The molecular formula is C18H27N2O+. The Labute approximate surface area is 127 Å². The molecule has 3 heteroatoms. The van der Waals surface area contributed by atoms with Gasteiger partial charge in [-0.3, -0.25) is 4.79 Å². The van der Waals surface area contributed by atoms with Crippen molar-refractivity contribution in [3.63, 3.8) is 0 Å². The SMILES string of the molecule is C[N+](C)(C)[C@@H]1Cc2ccc(C(N)=O)cc2C2CCCCC21. The van der Waals surface area contributed by atoms with Crippen LogP contribution in [0.5, 0.6) is 0 Å². The highest BCUT2D eigenvalue weighted by molar-refractivity contribution is 5.93. The molecule has 0 saturated heterocycles. The van der Waals surface area contributed by atoms with Crippen LogP contribution in [0.1, 0.15) is 53.1 Å². The molecule has 0 radical (unpaired) electrons. The minimum atomic E-state index is -0.307. The number of fused-ring (bicyclic) bond motifs is 3. The van der Waals surface area contributed by atoms with Crippen LogP contribution in [0.3, 0.4) is 0 Å².